The molecule has 1 N–H and O–H groups in total. The van der Waals surface area contributed by atoms with Crippen molar-refractivity contribution >= 4 is 0 Å². The lowest BCUT2D eigenvalue weighted by molar-refractivity contribution is 0.132. The minimum atomic E-state index is -0.222. The summed E-state index contributed by atoms with van der Waals surface area (Å²) in [6, 6.07) is 0. The van der Waals surface area contributed by atoms with Gasteiger partial charge >= 0.3 is 0 Å². The van der Waals surface area contributed by atoms with Crippen LogP contribution in [0.2, 0.25) is 0 Å². The minimum Gasteiger partial charge on any atom is -0.309 e. The van der Waals surface area contributed by atoms with Gasteiger partial charge < -0.3 is 5.32 Å². The molecule has 0 bridgehead atoms. The van der Waals surface area contributed by atoms with Crippen LogP contribution in [-0.2, 0) is 0 Å². The molecule has 0 aromatic rings. The van der Waals surface area contributed by atoms with Gasteiger partial charge in [0.2, 0.25) is 0 Å². The van der Waals surface area contributed by atoms with E-state index < -0.39 is 0 Å². The zero-order valence-corrected chi connectivity index (χ0v) is 8.07. The Kier molecular flexibility index (Phi) is 3.47. The van der Waals surface area contributed by atoms with Crippen LogP contribution in [0.3, 0.4) is 0 Å². The standard InChI is InChI=1S/C9H19FN2/c1-3-9(2)8-12(6-4-10)7-5-11-9/h11H,3-8H2,1-2H3. The maximum Gasteiger partial charge on any atom is 0.102 e. The van der Waals surface area contributed by atoms with Crippen LogP contribution in [0.15, 0.2) is 0 Å². The molecule has 1 aliphatic rings. The number of nitrogens with zero attached hydrogens (tertiary/aromatic N) is 1. The van der Waals surface area contributed by atoms with Crippen molar-refractivity contribution < 1.29 is 4.39 Å². The smallest absolute Gasteiger partial charge is 0.102 e. The van der Waals surface area contributed by atoms with Crippen molar-refractivity contribution in [2.24, 2.45) is 0 Å². The summed E-state index contributed by atoms with van der Waals surface area (Å²) in [6.45, 7) is 7.71. The first-order valence-corrected chi connectivity index (χ1v) is 4.73. The number of piperazine rings is 1. The molecule has 1 saturated heterocycles. The molecule has 1 fully saturated rings. The summed E-state index contributed by atoms with van der Waals surface area (Å²) in [7, 11) is 0. The molecule has 0 amide bonds. The third-order valence-electron chi connectivity index (χ3n) is 2.73. The van der Waals surface area contributed by atoms with Crippen molar-refractivity contribution in [3.8, 4) is 0 Å². The highest BCUT2D eigenvalue weighted by Gasteiger charge is 2.27. The predicted molar refractivity (Wildman–Crippen MR) is 49.1 cm³/mol. The number of rotatable bonds is 3. The molecule has 3 heteroatoms. The Labute approximate surface area is 74.1 Å². The average molecular weight is 174 g/mol. The molecule has 0 aliphatic carbocycles. The van der Waals surface area contributed by atoms with Crippen LogP contribution in [0.5, 0.6) is 0 Å². The first kappa shape index (κ1) is 9.93. The van der Waals surface area contributed by atoms with E-state index in [0.29, 0.717) is 6.54 Å². The molecule has 0 aromatic carbocycles. The molecule has 2 nitrogen and oxygen atoms in total. The van der Waals surface area contributed by atoms with Crippen molar-refractivity contribution in [3.63, 3.8) is 0 Å². The summed E-state index contributed by atoms with van der Waals surface area (Å²) in [6.07, 6.45) is 1.11. The molecule has 1 unspecified atom stereocenters. The van der Waals surface area contributed by atoms with Crippen LogP contribution in [0.4, 0.5) is 4.39 Å². The van der Waals surface area contributed by atoms with Gasteiger partial charge in [-0.05, 0) is 13.3 Å². The van der Waals surface area contributed by atoms with Crippen molar-refractivity contribution in [3.05, 3.63) is 0 Å². The van der Waals surface area contributed by atoms with E-state index in [0.717, 1.165) is 26.1 Å². The molecule has 1 atom stereocenters. The number of nitrogens with one attached hydrogen (secondary N) is 1. The van der Waals surface area contributed by atoms with Gasteiger partial charge in [0.05, 0.1) is 0 Å². The van der Waals surface area contributed by atoms with E-state index in [1.54, 1.807) is 0 Å². The number of alkyl halides is 1. The van der Waals surface area contributed by atoms with Gasteiger partial charge in [-0.3, -0.25) is 4.90 Å². The zero-order valence-electron chi connectivity index (χ0n) is 8.07. The average Bonchev–Trinajstić information content (AvgIpc) is 2.05. The highest BCUT2D eigenvalue weighted by molar-refractivity contribution is 4.89. The molecule has 12 heavy (non-hydrogen) atoms. The highest BCUT2D eigenvalue weighted by Crippen LogP contribution is 2.14. The fourth-order valence-electron chi connectivity index (χ4n) is 1.69. The molecule has 0 saturated carbocycles. The molecule has 72 valence electrons. The Bertz CT molecular complexity index is 138. The predicted octanol–water partition coefficient (Wildman–Crippen LogP) is 1.03. The van der Waals surface area contributed by atoms with Gasteiger partial charge in [-0.1, -0.05) is 6.92 Å². The van der Waals surface area contributed by atoms with E-state index in [1.807, 2.05) is 0 Å². The van der Waals surface area contributed by atoms with Gasteiger partial charge in [0.15, 0.2) is 0 Å². The van der Waals surface area contributed by atoms with Crippen LogP contribution < -0.4 is 5.32 Å². The SMILES string of the molecule is CCC1(C)CN(CCF)CCN1. The first-order valence-electron chi connectivity index (χ1n) is 4.73. The summed E-state index contributed by atoms with van der Waals surface area (Å²) in [4.78, 5) is 2.19. The quantitative estimate of drug-likeness (QED) is 0.687. The lowest BCUT2D eigenvalue weighted by Crippen LogP contribution is -2.58. The monoisotopic (exact) mass is 174 g/mol. The molecule has 1 aliphatic heterocycles. The van der Waals surface area contributed by atoms with Gasteiger partial charge in [0.1, 0.15) is 6.67 Å². The van der Waals surface area contributed by atoms with Crippen molar-refractivity contribution in [1.82, 2.24) is 10.2 Å². The number of hydrogen-bond acceptors (Lipinski definition) is 2. The Morgan fingerprint density at radius 3 is 2.92 bits per heavy atom. The first-order chi connectivity index (χ1) is 5.70. The zero-order chi connectivity index (χ0) is 9.03. The Balaban J connectivity index is 2.39. The Hall–Kier alpha value is -0.150. The summed E-state index contributed by atoms with van der Waals surface area (Å²) >= 11 is 0. The Morgan fingerprint density at radius 1 is 1.58 bits per heavy atom. The van der Waals surface area contributed by atoms with Gasteiger partial charge in [0.25, 0.3) is 0 Å². The third kappa shape index (κ3) is 2.42. The largest absolute Gasteiger partial charge is 0.309 e. The highest BCUT2D eigenvalue weighted by atomic mass is 19.1. The van der Waals surface area contributed by atoms with Crippen molar-refractivity contribution in [2.75, 3.05) is 32.9 Å². The van der Waals surface area contributed by atoms with Gasteiger partial charge in [-0.15, -0.1) is 0 Å². The Morgan fingerprint density at radius 2 is 2.33 bits per heavy atom. The maximum atomic E-state index is 12.1. The number of hydrogen-bond donors (Lipinski definition) is 1. The van der Waals surface area contributed by atoms with Crippen LogP contribution >= 0.6 is 0 Å². The fourth-order valence-corrected chi connectivity index (χ4v) is 1.69. The molecular weight excluding hydrogens is 155 g/mol. The third-order valence-corrected chi connectivity index (χ3v) is 2.73. The van der Waals surface area contributed by atoms with Crippen LogP contribution in [0, 0.1) is 0 Å². The maximum absolute atomic E-state index is 12.1. The van der Waals surface area contributed by atoms with E-state index in [2.05, 4.69) is 24.1 Å². The molecule has 1 heterocycles. The molecular formula is C9H19FN2. The summed E-state index contributed by atoms with van der Waals surface area (Å²) < 4.78 is 12.1. The lowest BCUT2D eigenvalue weighted by atomic mass is 9.96. The second-order valence-corrected chi connectivity index (χ2v) is 3.81. The van der Waals surface area contributed by atoms with Crippen molar-refractivity contribution in [1.29, 1.82) is 0 Å². The van der Waals surface area contributed by atoms with E-state index in [9.17, 15) is 4.39 Å². The summed E-state index contributed by atoms with van der Waals surface area (Å²) in [5, 5.41) is 3.47. The van der Waals surface area contributed by atoms with Crippen LogP contribution in [-0.4, -0.2) is 43.3 Å². The van der Waals surface area contributed by atoms with E-state index in [4.69, 9.17) is 0 Å². The van der Waals surface area contributed by atoms with Crippen molar-refractivity contribution in [2.45, 2.75) is 25.8 Å². The topological polar surface area (TPSA) is 15.3 Å². The molecule has 0 aromatic heterocycles. The van der Waals surface area contributed by atoms with Crippen LogP contribution in [0.25, 0.3) is 0 Å². The normalized spacial score (nSPS) is 32.2. The van der Waals surface area contributed by atoms with E-state index >= 15 is 0 Å². The van der Waals surface area contributed by atoms with E-state index in [-0.39, 0.29) is 12.2 Å². The molecule has 1 rings (SSSR count). The second-order valence-electron chi connectivity index (χ2n) is 3.81. The molecule has 0 radical (unpaired) electrons. The lowest BCUT2D eigenvalue weighted by Gasteiger charge is -2.40. The summed E-state index contributed by atoms with van der Waals surface area (Å²) in [5.41, 5.74) is 0.202. The van der Waals surface area contributed by atoms with Crippen LogP contribution in [0.1, 0.15) is 20.3 Å². The van der Waals surface area contributed by atoms with Gasteiger partial charge in [0, 0.05) is 31.7 Å². The minimum absolute atomic E-state index is 0.202. The summed E-state index contributed by atoms with van der Waals surface area (Å²) in [5.74, 6) is 0. The van der Waals surface area contributed by atoms with Gasteiger partial charge in [-0.2, -0.15) is 0 Å². The molecule has 0 spiro atoms. The number of halogens is 1. The fraction of sp³-hybridized carbons (Fsp3) is 1.00. The van der Waals surface area contributed by atoms with Gasteiger partial charge in [-0.25, -0.2) is 4.39 Å². The van der Waals surface area contributed by atoms with E-state index in [1.165, 1.54) is 0 Å². The second kappa shape index (κ2) is 4.19.